The Morgan fingerprint density at radius 3 is 2.88 bits per heavy atom. The molecule has 0 unspecified atom stereocenters. The second-order valence-corrected chi connectivity index (χ2v) is 7.44. The van der Waals surface area contributed by atoms with Gasteiger partial charge in [-0.1, -0.05) is 29.5 Å². The number of anilines is 2. The zero-order valence-corrected chi connectivity index (χ0v) is 15.7. The molecular formula is C16H15N7OS2. The number of aryl methyl sites for hydroxylation is 1. The van der Waals surface area contributed by atoms with Crippen molar-refractivity contribution in [1.82, 2.24) is 25.0 Å². The minimum absolute atomic E-state index is 0.268. The first-order valence-electron chi connectivity index (χ1n) is 7.81. The minimum Gasteiger partial charge on any atom is -0.363 e. The number of amides is 1. The third-order valence-corrected chi connectivity index (χ3v) is 5.51. The van der Waals surface area contributed by atoms with E-state index < -0.39 is 0 Å². The average Bonchev–Trinajstić information content (AvgIpc) is 3.36. The third-order valence-electron chi connectivity index (χ3n) is 3.76. The molecule has 8 nitrogen and oxygen atoms in total. The highest BCUT2D eigenvalue weighted by Gasteiger charge is 2.17. The van der Waals surface area contributed by atoms with Crippen molar-refractivity contribution in [1.29, 1.82) is 0 Å². The fourth-order valence-corrected chi connectivity index (χ4v) is 3.98. The molecule has 4 aromatic rings. The van der Waals surface area contributed by atoms with Gasteiger partial charge in [-0.3, -0.25) is 14.8 Å². The van der Waals surface area contributed by atoms with Crippen LogP contribution in [0.1, 0.15) is 21.2 Å². The first-order chi connectivity index (χ1) is 12.6. The van der Waals surface area contributed by atoms with Gasteiger partial charge in [-0.25, -0.2) is 4.98 Å². The molecule has 3 aromatic heterocycles. The fraction of sp³-hybridized carbons (Fsp3) is 0.188. The Morgan fingerprint density at radius 1 is 1.23 bits per heavy atom. The van der Waals surface area contributed by atoms with Gasteiger partial charge in [0.2, 0.25) is 5.13 Å². The summed E-state index contributed by atoms with van der Waals surface area (Å²) in [5, 5.41) is 23.1. The van der Waals surface area contributed by atoms with E-state index in [1.54, 1.807) is 4.68 Å². The summed E-state index contributed by atoms with van der Waals surface area (Å²) in [5.74, 6) is -0.268. The van der Waals surface area contributed by atoms with Crippen molar-refractivity contribution in [3.8, 4) is 0 Å². The highest BCUT2D eigenvalue weighted by molar-refractivity contribution is 7.15. The maximum Gasteiger partial charge on any atom is 0.278 e. The Labute approximate surface area is 156 Å². The van der Waals surface area contributed by atoms with Crippen LogP contribution in [-0.2, 0) is 13.5 Å². The van der Waals surface area contributed by atoms with E-state index in [0.29, 0.717) is 17.2 Å². The largest absolute Gasteiger partial charge is 0.363 e. The Bertz CT molecular complexity index is 1080. The highest BCUT2D eigenvalue weighted by Crippen LogP contribution is 2.23. The van der Waals surface area contributed by atoms with Gasteiger partial charge in [0.15, 0.2) is 10.8 Å². The maximum atomic E-state index is 12.6. The predicted octanol–water partition coefficient (Wildman–Crippen LogP) is 2.77. The van der Waals surface area contributed by atoms with E-state index in [0.717, 1.165) is 26.7 Å². The van der Waals surface area contributed by atoms with Crippen LogP contribution in [-0.4, -0.2) is 37.9 Å². The number of hydrogen-bond acceptors (Lipinski definition) is 8. The zero-order chi connectivity index (χ0) is 18.1. The second kappa shape index (κ2) is 6.81. The van der Waals surface area contributed by atoms with Gasteiger partial charge >= 0.3 is 0 Å². The summed E-state index contributed by atoms with van der Waals surface area (Å²) in [6, 6.07) is 7.64. The summed E-state index contributed by atoms with van der Waals surface area (Å²) in [4.78, 5) is 17.1. The molecule has 0 aliphatic rings. The predicted molar refractivity (Wildman–Crippen MR) is 103 cm³/mol. The van der Waals surface area contributed by atoms with Crippen molar-refractivity contribution < 1.29 is 4.79 Å². The van der Waals surface area contributed by atoms with Crippen molar-refractivity contribution >= 4 is 49.7 Å². The summed E-state index contributed by atoms with van der Waals surface area (Å²) in [5.41, 5.74) is 2.15. The van der Waals surface area contributed by atoms with Crippen LogP contribution in [0.15, 0.2) is 29.6 Å². The number of fused-ring (bicyclic) bond motifs is 1. The molecule has 1 aromatic carbocycles. The molecule has 0 bridgehead atoms. The number of hydrogen-bond donors (Lipinski definition) is 2. The molecule has 0 saturated heterocycles. The molecule has 132 valence electrons. The Kier molecular flexibility index (Phi) is 4.35. The lowest BCUT2D eigenvalue weighted by molar-refractivity contribution is 0.102. The Balaban J connectivity index is 1.50. The van der Waals surface area contributed by atoms with Gasteiger partial charge in [0.1, 0.15) is 5.01 Å². The quantitative estimate of drug-likeness (QED) is 0.548. The van der Waals surface area contributed by atoms with Gasteiger partial charge in [-0.2, -0.15) is 5.10 Å². The number of para-hydroxylation sites is 1. The Morgan fingerprint density at radius 2 is 2.08 bits per heavy atom. The standard InChI is InChI=1S/C16H15N7OS2/c1-17-15-21-20-12(26-15)7-9-8-25-16(18-9)19-14(24)13-10-5-3-4-6-11(10)23(2)22-13/h3-6,8H,7H2,1-2H3,(H,17,21)(H,18,19,24). The third kappa shape index (κ3) is 3.16. The lowest BCUT2D eigenvalue weighted by Crippen LogP contribution is -2.13. The normalized spacial score (nSPS) is 11.0. The highest BCUT2D eigenvalue weighted by atomic mass is 32.1. The number of carbonyl (C=O) groups excluding carboxylic acids is 1. The van der Waals surface area contributed by atoms with Gasteiger partial charge in [-0.05, 0) is 6.07 Å². The number of thiazole rings is 1. The number of nitrogens with one attached hydrogen (secondary N) is 2. The van der Waals surface area contributed by atoms with E-state index in [-0.39, 0.29) is 5.91 Å². The van der Waals surface area contributed by atoms with Crippen LogP contribution in [0, 0.1) is 0 Å². The average molecular weight is 385 g/mol. The summed E-state index contributed by atoms with van der Waals surface area (Å²) < 4.78 is 1.70. The fourth-order valence-electron chi connectivity index (χ4n) is 2.56. The molecule has 10 heteroatoms. The van der Waals surface area contributed by atoms with Crippen molar-refractivity contribution in [3.63, 3.8) is 0 Å². The van der Waals surface area contributed by atoms with Gasteiger partial charge in [-0.15, -0.1) is 21.5 Å². The monoisotopic (exact) mass is 385 g/mol. The van der Waals surface area contributed by atoms with Gasteiger partial charge in [0.05, 0.1) is 11.2 Å². The van der Waals surface area contributed by atoms with Crippen LogP contribution in [0.25, 0.3) is 10.9 Å². The molecule has 0 radical (unpaired) electrons. The van der Waals surface area contributed by atoms with E-state index in [9.17, 15) is 4.79 Å². The van der Waals surface area contributed by atoms with Crippen molar-refractivity contribution in [2.75, 3.05) is 17.7 Å². The number of aromatic nitrogens is 5. The zero-order valence-electron chi connectivity index (χ0n) is 14.1. The van der Waals surface area contributed by atoms with Crippen molar-refractivity contribution in [3.05, 3.63) is 46.0 Å². The topological polar surface area (TPSA) is 97.6 Å². The minimum atomic E-state index is -0.268. The van der Waals surface area contributed by atoms with E-state index in [2.05, 4.69) is 30.9 Å². The van der Waals surface area contributed by atoms with Crippen LogP contribution in [0.3, 0.4) is 0 Å². The molecule has 0 aliphatic heterocycles. The van der Waals surface area contributed by atoms with E-state index in [4.69, 9.17) is 0 Å². The molecule has 4 rings (SSSR count). The van der Waals surface area contributed by atoms with Gasteiger partial charge in [0.25, 0.3) is 5.91 Å². The molecule has 0 fully saturated rings. The first-order valence-corrected chi connectivity index (χ1v) is 9.51. The van der Waals surface area contributed by atoms with E-state index >= 15 is 0 Å². The number of rotatable bonds is 5. The number of carbonyl (C=O) groups is 1. The second-order valence-electron chi connectivity index (χ2n) is 5.52. The molecule has 0 aliphatic carbocycles. The maximum absolute atomic E-state index is 12.6. The lowest BCUT2D eigenvalue weighted by atomic mass is 10.2. The summed E-state index contributed by atoms with van der Waals surface area (Å²) in [7, 11) is 3.63. The van der Waals surface area contributed by atoms with Gasteiger partial charge < -0.3 is 5.32 Å². The van der Waals surface area contributed by atoms with Crippen LogP contribution in [0.4, 0.5) is 10.3 Å². The molecule has 0 saturated carbocycles. The molecular weight excluding hydrogens is 370 g/mol. The SMILES string of the molecule is CNc1nnc(Cc2csc(NC(=O)c3nn(C)c4ccccc34)n2)s1. The van der Waals surface area contributed by atoms with Crippen LogP contribution in [0.5, 0.6) is 0 Å². The van der Waals surface area contributed by atoms with E-state index in [1.165, 1.54) is 22.7 Å². The lowest BCUT2D eigenvalue weighted by Gasteiger charge is -1.98. The van der Waals surface area contributed by atoms with E-state index in [1.807, 2.05) is 43.7 Å². The number of nitrogens with zero attached hydrogens (tertiary/aromatic N) is 5. The molecule has 3 heterocycles. The number of benzene rings is 1. The smallest absolute Gasteiger partial charge is 0.278 e. The molecule has 2 N–H and O–H groups in total. The summed E-state index contributed by atoms with van der Waals surface area (Å²) >= 11 is 2.86. The van der Waals surface area contributed by atoms with Gasteiger partial charge in [0, 0.05) is 31.3 Å². The molecule has 1 amide bonds. The van der Waals surface area contributed by atoms with Crippen molar-refractivity contribution in [2.24, 2.45) is 7.05 Å². The van der Waals surface area contributed by atoms with Crippen molar-refractivity contribution in [2.45, 2.75) is 6.42 Å². The first kappa shape index (κ1) is 16.6. The van der Waals surface area contributed by atoms with Crippen LogP contribution in [0.2, 0.25) is 0 Å². The molecule has 0 spiro atoms. The summed E-state index contributed by atoms with van der Waals surface area (Å²) in [6.45, 7) is 0. The summed E-state index contributed by atoms with van der Waals surface area (Å²) in [6.07, 6.45) is 0.582. The van der Waals surface area contributed by atoms with Crippen LogP contribution >= 0.6 is 22.7 Å². The van der Waals surface area contributed by atoms with Crippen LogP contribution < -0.4 is 10.6 Å². The molecule has 26 heavy (non-hydrogen) atoms. The molecule has 0 atom stereocenters. The Hall–Kier alpha value is -2.85.